The molecule has 0 bridgehead atoms. The number of aliphatic carboxylic acids is 1. The van der Waals surface area contributed by atoms with Gasteiger partial charge in [-0.05, 0) is 34.0 Å². The first-order valence-electron chi connectivity index (χ1n) is 5.10. The van der Waals surface area contributed by atoms with Crippen LogP contribution in [0.1, 0.15) is 18.0 Å². The molecule has 2 atom stereocenters. The summed E-state index contributed by atoms with van der Waals surface area (Å²) in [4.78, 5) is 10.8. The van der Waals surface area contributed by atoms with Crippen LogP contribution in [-0.2, 0) is 4.79 Å². The predicted octanol–water partition coefficient (Wildman–Crippen LogP) is 2.98. The van der Waals surface area contributed by atoms with Gasteiger partial charge in [0, 0.05) is 12.6 Å². The Kier molecular flexibility index (Phi) is 3.70. The average molecular weight is 323 g/mol. The van der Waals surface area contributed by atoms with Crippen molar-refractivity contribution in [2.45, 2.75) is 12.5 Å². The molecule has 0 radical (unpaired) electrons. The van der Waals surface area contributed by atoms with Crippen molar-refractivity contribution < 1.29 is 14.3 Å². The lowest BCUT2D eigenvalue weighted by Crippen LogP contribution is -2.17. The number of carbonyl (C=O) groups is 1. The zero-order chi connectivity index (χ0) is 12.6. The van der Waals surface area contributed by atoms with Gasteiger partial charge in [0.15, 0.2) is 5.82 Å². The Morgan fingerprint density at radius 1 is 1.59 bits per heavy atom. The van der Waals surface area contributed by atoms with E-state index in [0.29, 0.717) is 23.0 Å². The van der Waals surface area contributed by atoms with Gasteiger partial charge in [-0.3, -0.25) is 4.79 Å². The molecule has 0 amide bonds. The van der Waals surface area contributed by atoms with Crippen LogP contribution in [0, 0.1) is 11.7 Å². The third kappa shape index (κ3) is 2.46. The highest BCUT2D eigenvalue weighted by molar-refractivity contribution is 9.10. The molecule has 1 saturated heterocycles. The Balaban J connectivity index is 2.25. The Bertz CT molecular complexity index is 469. The van der Waals surface area contributed by atoms with Crippen molar-refractivity contribution in [2.75, 3.05) is 6.54 Å². The maximum Gasteiger partial charge on any atom is 0.307 e. The van der Waals surface area contributed by atoms with E-state index >= 15 is 0 Å². The molecule has 0 aliphatic carbocycles. The highest BCUT2D eigenvalue weighted by Crippen LogP contribution is 2.35. The number of hydrogen-bond acceptors (Lipinski definition) is 2. The van der Waals surface area contributed by atoms with Crippen molar-refractivity contribution in [3.8, 4) is 0 Å². The Morgan fingerprint density at radius 3 is 2.88 bits per heavy atom. The number of nitrogens with one attached hydrogen (secondary N) is 1. The third-order valence-electron chi connectivity index (χ3n) is 2.92. The molecule has 0 spiro atoms. The van der Waals surface area contributed by atoms with Crippen LogP contribution in [0.25, 0.3) is 0 Å². The lowest BCUT2D eigenvalue weighted by atomic mass is 10.00. The Hall–Kier alpha value is -0.650. The fraction of sp³-hybridized carbons (Fsp3) is 0.364. The summed E-state index contributed by atoms with van der Waals surface area (Å²) in [5.74, 6) is -1.79. The number of carboxylic acids is 1. The van der Waals surface area contributed by atoms with Gasteiger partial charge in [0.1, 0.15) is 0 Å². The molecule has 17 heavy (non-hydrogen) atoms. The summed E-state index contributed by atoms with van der Waals surface area (Å²) in [5.41, 5.74) is 0.608. The van der Waals surface area contributed by atoms with Crippen molar-refractivity contribution in [3.63, 3.8) is 0 Å². The summed E-state index contributed by atoms with van der Waals surface area (Å²) in [6, 6.07) is 3.08. The van der Waals surface area contributed by atoms with Crippen LogP contribution in [0.2, 0.25) is 5.02 Å². The van der Waals surface area contributed by atoms with Gasteiger partial charge in [0.2, 0.25) is 0 Å². The largest absolute Gasteiger partial charge is 0.481 e. The van der Waals surface area contributed by atoms with Gasteiger partial charge in [-0.1, -0.05) is 17.7 Å². The number of carboxylic acid groups (broad SMARTS) is 1. The van der Waals surface area contributed by atoms with Gasteiger partial charge in [0.05, 0.1) is 15.4 Å². The quantitative estimate of drug-likeness (QED) is 0.823. The summed E-state index contributed by atoms with van der Waals surface area (Å²) in [7, 11) is 0. The molecule has 0 saturated carbocycles. The standard InChI is InChI=1S/C11H10BrClFNO2/c12-7-2-1-6(9(13)10(7)14)8-3-5(4-15-8)11(16)17/h1-2,5,8,15H,3-4H2,(H,16,17). The first-order valence-corrected chi connectivity index (χ1v) is 6.27. The fourth-order valence-electron chi connectivity index (χ4n) is 1.97. The minimum atomic E-state index is -0.839. The lowest BCUT2D eigenvalue weighted by molar-refractivity contribution is -0.141. The van der Waals surface area contributed by atoms with E-state index in [0.717, 1.165) is 0 Å². The smallest absolute Gasteiger partial charge is 0.307 e. The molecule has 1 aliphatic heterocycles. The van der Waals surface area contributed by atoms with E-state index in [4.69, 9.17) is 16.7 Å². The predicted molar refractivity (Wildman–Crippen MR) is 65.6 cm³/mol. The van der Waals surface area contributed by atoms with E-state index in [2.05, 4.69) is 21.2 Å². The summed E-state index contributed by atoms with van der Waals surface area (Å²) in [6.45, 7) is 0.383. The van der Waals surface area contributed by atoms with Gasteiger partial charge in [-0.25, -0.2) is 4.39 Å². The number of hydrogen-bond donors (Lipinski definition) is 2. The summed E-state index contributed by atoms with van der Waals surface area (Å²) in [5, 5.41) is 12.0. The van der Waals surface area contributed by atoms with Crippen LogP contribution in [-0.4, -0.2) is 17.6 Å². The monoisotopic (exact) mass is 321 g/mol. The molecule has 1 aromatic rings. The molecular weight excluding hydrogens is 312 g/mol. The molecule has 2 unspecified atom stereocenters. The lowest BCUT2D eigenvalue weighted by Gasteiger charge is -2.13. The van der Waals surface area contributed by atoms with E-state index in [9.17, 15) is 9.18 Å². The van der Waals surface area contributed by atoms with E-state index < -0.39 is 17.7 Å². The molecule has 2 rings (SSSR count). The van der Waals surface area contributed by atoms with Gasteiger partial charge in [-0.2, -0.15) is 0 Å². The molecule has 2 N–H and O–H groups in total. The van der Waals surface area contributed by atoms with E-state index in [-0.39, 0.29) is 11.1 Å². The van der Waals surface area contributed by atoms with Crippen molar-refractivity contribution in [3.05, 3.63) is 33.0 Å². The maximum absolute atomic E-state index is 13.6. The van der Waals surface area contributed by atoms with Gasteiger partial charge >= 0.3 is 5.97 Å². The molecule has 6 heteroatoms. The third-order valence-corrected chi connectivity index (χ3v) is 3.92. The summed E-state index contributed by atoms with van der Waals surface area (Å²) in [6.07, 6.45) is 0.427. The van der Waals surface area contributed by atoms with E-state index in [1.165, 1.54) is 0 Å². The van der Waals surface area contributed by atoms with E-state index in [1.807, 2.05) is 0 Å². The van der Waals surface area contributed by atoms with Crippen LogP contribution in [0.15, 0.2) is 16.6 Å². The topological polar surface area (TPSA) is 49.3 Å². The minimum absolute atomic E-state index is 0.0444. The Labute approximate surface area is 111 Å². The average Bonchev–Trinajstić information content (AvgIpc) is 2.75. The number of halogens is 3. The second-order valence-corrected chi connectivity index (χ2v) is 5.23. The zero-order valence-electron chi connectivity index (χ0n) is 8.71. The zero-order valence-corrected chi connectivity index (χ0v) is 11.1. The Morgan fingerprint density at radius 2 is 2.29 bits per heavy atom. The highest BCUT2D eigenvalue weighted by Gasteiger charge is 2.31. The van der Waals surface area contributed by atoms with Crippen molar-refractivity contribution in [1.82, 2.24) is 5.32 Å². The number of rotatable bonds is 2. The molecule has 1 aromatic carbocycles. The van der Waals surface area contributed by atoms with Gasteiger partial charge in [-0.15, -0.1) is 0 Å². The first-order chi connectivity index (χ1) is 8.00. The SMILES string of the molecule is O=C(O)C1CNC(c2ccc(Br)c(F)c2Cl)C1. The molecule has 3 nitrogen and oxygen atoms in total. The fourth-order valence-corrected chi connectivity index (χ4v) is 2.71. The van der Waals surface area contributed by atoms with E-state index in [1.54, 1.807) is 12.1 Å². The highest BCUT2D eigenvalue weighted by atomic mass is 79.9. The molecule has 0 aromatic heterocycles. The van der Waals surface area contributed by atoms with Crippen LogP contribution >= 0.6 is 27.5 Å². The molecule has 1 heterocycles. The summed E-state index contributed by atoms with van der Waals surface area (Å²) < 4.78 is 13.9. The van der Waals surface area contributed by atoms with Crippen molar-refractivity contribution >= 4 is 33.5 Å². The van der Waals surface area contributed by atoms with Crippen LogP contribution in [0.4, 0.5) is 4.39 Å². The van der Waals surface area contributed by atoms with Gasteiger partial charge in [0.25, 0.3) is 0 Å². The normalized spacial score (nSPS) is 23.9. The first kappa shape index (κ1) is 12.8. The maximum atomic E-state index is 13.6. The summed E-state index contributed by atoms with van der Waals surface area (Å²) >= 11 is 8.96. The van der Waals surface area contributed by atoms with Crippen LogP contribution in [0.5, 0.6) is 0 Å². The minimum Gasteiger partial charge on any atom is -0.481 e. The molecular formula is C11H10BrClFNO2. The van der Waals surface area contributed by atoms with Gasteiger partial charge < -0.3 is 10.4 Å². The van der Waals surface area contributed by atoms with Crippen molar-refractivity contribution in [2.24, 2.45) is 5.92 Å². The van der Waals surface area contributed by atoms with Crippen molar-refractivity contribution in [1.29, 1.82) is 0 Å². The molecule has 92 valence electrons. The second-order valence-electron chi connectivity index (χ2n) is 4.00. The van der Waals surface area contributed by atoms with Crippen LogP contribution in [0.3, 0.4) is 0 Å². The molecule has 1 aliphatic rings. The number of benzene rings is 1. The second kappa shape index (κ2) is 4.92. The van der Waals surface area contributed by atoms with Crippen LogP contribution < -0.4 is 5.32 Å². The molecule has 1 fully saturated rings.